The molecule has 0 unspecified atom stereocenters. The van der Waals surface area contributed by atoms with Crippen LogP contribution < -0.4 is 17.0 Å². The number of ketones is 1. The quantitative estimate of drug-likeness (QED) is 0.483. The molecule has 9 nitrogen and oxygen atoms in total. The highest BCUT2D eigenvalue weighted by Gasteiger charge is 2.23. The van der Waals surface area contributed by atoms with E-state index in [9.17, 15) is 23.6 Å². The lowest BCUT2D eigenvalue weighted by atomic mass is 10.2. The van der Waals surface area contributed by atoms with Crippen LogP contribution in [0, 0.1) is 19.7 Å². The maximum Gasteiger partial charge on any atom is 0.340 e. The highest BCUT2D eigenvalue weighted by Crippen LogP contribution is 2.22. The van der Waals surface area contributed by atoms with E-state index in [0.29, 0.717) is 17.1 Å². The third-order valence-corrected chi connectivity index (χ3v) is 5.06. The minimum atomic E-state index is -0.865. The van der Waals surface area contributed by atoms with Crippen LogP contribution in [0.1, 0.15) is 32.1 Å². The van der Waals surface area contributed by atoms with Crippen LogP contribution in [0.4, 0.5) is 10.2 Å². The summed E-state index contributed by atoms with van der Waals surface area (Å²) >= 11 is 0. The number of nitrogen functional groups attached to an aromatic ring is 1. The fourth-order valence-electron chi connectivity index (χ4n) is 3.36. The predicted octanol–water partition coefficient (Wildman–Crippen LogP) is 1.25. The first kappa shape index (κ1) is 21.8. The van der Waals surface area contributed by atoms with Crippen LogP contribution in [-0.2, 0) is 18.8 Å². The standard InChI is InChI=1S/C21H21FN4O5/c1-11-9-15(12(2)26(11)14-7-5-13(22)6-8-14)20(29)31-10-16(27)17-18(23)24(3)21(30)25(4)19(17)28/h5-9H,10,23H2,1-4H3. The fourth-order valence-corrected chi connectivity index (χ4v) is 3.36. The number of rotatable bonds is 5. The molecular weight excluding hydrogens is 407 g/mol. The number of esters is 1. The molecular formula is C21H21FN4O5. The Labute approximate surface area is 176 Å². The molecule has 0 aliphatic heterocycles. The second-order valence-corrected chi connectivity index (χ2v) is 7.06. The van der Waals surface area contributed by atoms with Crippen LogP contribution in [0.2, 0.25) is 0 Å². The number of hydrogen-bond donors (Lipinski definition) is 1. The van der Waals surface area contributed by atoms with Crippen molar-refractivity contribution in [3.63, 3.8) is 0 Å². The number of carbonyl (C=O) groups is 2. The van der Waals surface area contributed by atoms with Crippen LogP contribution in [0.5, 0.6) is 0 Å². The summed E-state index contributed by atoms with van der Waals surface area (Å²) in [7, 11) is 2.54. The normalized spacial score (nSPS) is 10.9. The topological polar surface area (TPSA) is 118 Å². The molecule has 162 valence electrons. The SMILES string of the molecule is Cc1cc(C(=O)OCC(=O)c2c(N)n(C)c(=O)n(C)c2=O)c(C)n1-c1ccc(F)cc1. The van der Waals surface area contributed by atoms with Crippen molar-refractivity contribution in [1.29, 1.82) is 0 Å². The van der Waals surface area contributed by atoms with Crippen LogP contribution in [-0.4, -0.2) is 32.1 Å². The lowest BCUT2D eigenvalue weighted by molar-refractivity contribution is 0.0473. The number of hydrogen-bond acceptors (Lipinski definition) is 6. The van der Waals surface area contributed by atoms with Crippen molar-refractivity contribution in [3.05, 3.63) is 79.5 Å². The van der Waals surface area contributed by atoms with Crippen LogP contribution in [0.25, 0.3) is 5.69 Å². The predicted molar refractivity (Wildman–Crippen MR) is 111 cm³/mol. The number of ether oxygens (including phenoxy) is 1. The van der Waals surface area contributed by atoms with Gasteiger partial charge in [-0.1, -0.05) is 0 Å². The number of aromatic nitrogens is 3. The van der Waals surface area contributed by atoms with E-state index in [1.165, 1.54) is 26.2 Å². The second kappa shape index (κ2) is 8.05. The van der Waals surface area contributed by atoms with Crippen molar-refractivity contribution in [2.75, 3.05) is 12.3 Å². The summed E-state index contributed by atoms with van der Waals surface area (Å²) in [6, 6.07) is 7.36. The summed E-state index contributed by atoms with van der Waals surface area (Å²) in [5, 5.41) is 0. The average Bonchev–Trinajstić information content (AvgIpc) is 3.04. The minimum absolute atomic E-state index is 0.218. The summed E-state index contributed by atoms with van der Waals surface area (Å²) in [6.07, 6.45) is 0. The first-order chi connectivity index (χ1) is 14.5. The number of halogens is 1. The Balaban J connectivity index is 1.85. The van der Waals surface area contributed by atoms with Gasteiger partial charge in [0.15, 0.2) is 6.61 Å². The summed E-state index contributed by atoms with van der Waals surface area (Å²) in [4.78, 5) is 49.3. The van der Waals surface area contributed by atoms with Gasteiger partial charge in [0, 0.05) is 31.2 Å². The van der Waals surface area contributed by atoms with Crippen molar-refractivity contribution in [2.45, 2.75) is 13.8 Å². The number of aryl methyl sites for hydroxylation is 1. The van der Waals surface area contributed by atoms with Crippen molar-refractivity contribution < 1.29 is 18.7 Å². The lowest BCUT2D eigenvalue weighted by Crippen LogP contribution is -2.42. The third kappa shape index (κ3) is 3.79. The molecule has 0 aliphatic carbocycles. The molecule has 31 heavy (non-hydrogen) atoms. The van der Waals surface area contributed by atoms with Crippen molar-refractivity contribution >= 4 is 17.6 Å². The molecule has 0 saturated heterocycles. The summed E-state index contributed by atoms with van der Waals surface area (Å²) in [6.45, 7) is 2.74. The van der Waals surface area contributed by atoms with Gasteiger partial charge in [-0.25, -0.2) is 14.0 Å². The van der Waals surface area contributed by atoms with E-state index in [4.69, 9.17) is 10.5 Å². The zero-order chi connectivity index (χ0) is 23.0. The van der Waals surface area contributed by atoms with Crippen LogP contribution in [0.15, 0.2) is 39.9 Å². The van der Waals surface area contributed by atoms with E-state index in [-0.39, 0.29) is 17.2 Å². The highest BCUT2D eigenvalue weighted by molar-refractivity contribution is 6.02. The van der Waals surface area contributed by atoms with Gasteiger partial charge in [-0.05, 0) is 44.2 Å². The maximum atomic E-state index is 13.2. The molecule has 3 aromatic rings. The fraction of sp³-hybridized carbons (Fsp3) is 0.238. The first-order valence-corrected chi connectivity index (χ1v) is 9.25. The van der Waals surface area contributed by atoms with E-state index in [1.54, 1.807) is 36.6 Å². The molecule has 2 heterocycles. The van der Waals surface area contributed by atoms with Gasteiger partial charge < -0.3 is 15.0 Å². The number of benzene rings is 1. The Hall–Kier alpha value is -3.95. The third-order valence-electron chi connectivity index (χ3n) is 5.06. The number of anilines is 1. The molecule has 0 aliphatic rings. The lowest BCUT2D eigenvalue weighted by Gasteiger charge is -2.11. The first-order valence-electron chi connectivity index (χ1n) is 9.25. The van der Waals surface area contributed by atoms with Gasteiger partial charge in [-0.2, -0.15) is 0 Å². The maximum absolute atomic E-state index is 13.2. The Bertz CT molecular complexity index is 1320. The zero-order valence-electron chi connectivity index (χ0n) is 17.4. The minimum Gasteiger partial charge on any atom is -0.454 e. The Kier molecular flexibility index (Phi) is 5.65. The van der Waals surface area contributed by atoms with Crippen molar-refractivity contribution in [3.8, 4) is 5.69 Å². The number of carbonyl (C=O) groups excluding carboxylic acids is 2. The summed E-state index contributed by atoms with van der Waals surface area (Å²) in [5.41, 5.74) is 5.92. The van der Waals surface area contributed by atoms with Crippen LogP contribution >= 0.6 is 0 Å². The van der Waals surface area contributed by atoms with Gasteiger partial charge in [0.25, 0.3) is 5.56 Å². The van der Waals surface area contributed by atoms with E-state index < -0.39 is 35.2 Å². The molecule has 0 saturated carbocycles. The highest BCUT2D eigenvalue weighted by atomic mass is 19.1. The molecule has 0 amide bonds. The second-order valence-electron chi connectivity index (χ2n) is 7.06. The van der Waals surface area contributed by atoms with E-state index in [1.807, 2.05) is 0 Å². The van der Waals surface area contributed by atoms with E-state index >= 15 is 0 Å². The summed E-state index contributed by atoms with van der Waals surface area (Å²) in [5.74, 6) is -2.28. The molecule has 1 aromatic carbocycles. The number of Topliss-reactive ketones (excluding diaryl/α,β-unsaturated/α-hetero) is 1. The molecule has 3 rings (SSSR count). The smallest absolute Gasteiger partial charge is 0.340 e. The van der Waals surface area contributed by atoms with Crippen molar-refractivity contribution in [2.24, 2.45) is 14.1 Å². The molecule has 2 N–H and O–H groups in total. The van der Waals surface area contributed by atoms with Gasteiger partial charge in [0.1, 0.15) is 17.2 Å². The Morgan fingerprint density at radius 2 is 1.68 bits per heavy atom. The van der Waals surface area contributed by atoms with Gasteiger partial charge in [-0.15, -0.1) is 0 Å². The average molecular weight is 428 g/mol. The molecule has 0 radical (unpaired) electrons. The Morgan fingerprint density at radius 1 is 1.06 bits per heavy atom. The summed E-state index contributed by atoms with van der Waals surface area (Å²) < 4.78 is 21.8. The number of nitrogens with two attached hydrogens (primary N) is 1. The largest absolute Gasteiger partial charge is 0.454 e. The molecule has 0 atom stereocenters. The van der Waals surface area contributed by atoms with Gasteiger partial charge >= 0.3 is 11.7 Å². The molecule has 0 bridgehead atoms. The number of nitrogens with zero attached hydrogens (tertiary/aromatic N) is 3. The molecule has 0 spiro atoms. The molecule has 2 aromatic heterocycles. The van der Waals surface area contributed by atoms with E-state index in [2.05, 4.69) is 0 Å². The van der Waals surface area contributed by atoms with Gasteiger partial charge in [0.05, 0.1) is 5.56 Å². The van der Waals surface area contributed by atoms with Crippen molar-refractivity contribution in [1.82, 2.24) is 13.7 Å². The monoisotopic (exact) mass is 428 g/mol. The Morgan fingerprint density at radius 3 is 2.29 bits per heavy atom. The van der Waals surface area contributed by atoms with Crippen LogP contribution in [0.3, 0.4) is 0 Å². The van der Waals surface area contributed by atoms with E-state index in [0.717, 1.165) is 9.13 Å². The molecule has 10 heteroatoms. The van der Waals surface area contributed by atoms with Gasteiger partial charge in [-0.3, -0.25) is 18.7 Å². The zero-order valence-corrected chi connectivity index (χ0v) is 17.4. The van der Waals surface area contributed by atoms with Gasteiger partial charge in [0.2, 0.25) is 5.78 Å². The molecule has 0 fully saturated rings.